The fourth-order valence-electron chi connectivity index (χ4n) is 1.85. The fraction of sp³-hybridized carbons (Fsp3) is 0.417. The van der Waals surface area contributed by atoms with Crippen molar-refractivity contribution in [1.82, 2.24) is 25.7 Å². The van der Waals surface area contributed by atoms with Gasteiger partial charge in [0.05, 0.1) is 12.2 Å². The number of nitrogens with two attached hydrogens (primary N) is 1. The number of aryl methyl sites for hydroxylation is 1. The molecule has 0 fully saturated rings. The first-order valence-corrected chi connectivity index (χ1v) is 6.03. The molecule has 18 heavy (non-hydrogen) atoms. The zero-order chi connectivity index (χ0) is 13.0. The van der Waals surface area contributed by atoms with Gasteiger partial charge in [-0.15, -0.1) is 0 Å². The van der Waals surface area contributed by atoms with Crippen LogP contribution in [0.5, 0.6) is 0 Å². The number of aromatic amines is 1. The van der Waals surface area contributed by atoms with Gasteiger partial charge in [0.25, 0.3) is 0 Å². The molecule has 2 aromatic rings. The second-order valence-electron chi connectivity index (χ2n) is 4.27. The number of H-pyrrole nitrogens is 1. The molecule has 0 radical (unpaired) electrons. The second kappa shape index (κ2) is 5.59. The summed E-state index contributed by atoms with van der Waals surface area (Å²) in [6.45, 7) is 4.99. The summed E-state index contributed by atoms with van der Waals surface area (Å²) in [5, 5.41) is 14.0. The van der Waals surface area contributed by atoms with Crippen LogP contribution in [0, 0.1) is 6.92 Å². The van der Waals surface area contributed by atoms with E-state index in [9.17, 15) is 0 Å². The number of aromatic nitrogens is 4. The van der Waals surface area contributed by atoms with E-state index >= 15 is 0 Å². The van der Waals surface area contributed by atoms with E-state index in [1.54, 1.807) is 12.4 Å². The molecular weight excluding hydrogens is 228 g/mol. The minimum atomic E-state index is -0.0731. The minimum Gasteiger partial charge on any atom is -0.383 e. The van der Waals surface area contributed by atoms with Crippen LogP contribution in [0.1, 0.15) is 36.2 Å². The van der Waals surface area contributed by atoms with E-state index in [2.05, 4.69) is 32.6 Å². The lowest BCUT2D eigenvalue weighted by atomic mass is 10.0. The van der Waals surface area contributed by atoms with Gasteiger partial charge in [-0.25, -0.2) is 4.98 Å². The largest absolute Gasteiger partial charge is 0.383 e. The third-order valence-corrected chi connectivity index (χ3v) is 2.73. The zero-order valence-corrected chi connectivity index (χ0v) is 10.6. The predicted octanol–water partition coefficient (Wildman–Crippen LogP) is 1.18. The molecule has 6 nitrogen and oxygen atoms in total. The maximum Gasteiger partial charge on any atom is 0.128 e. The SMILES string of the molecule is CCCNC(c1cn[nH]n1)c1cc(C)cnc1N. The number of nitrogen functional groups attached to an aromatic ring is 1. The van der Waals surface area contributed by atoms with Crippen molar-refractivity contribution >= 4 is 5.82 Å². The van der Waals surface area contributed by atoms with Crippen molar-refractivity contribution in [2.45, 2.75) is 26.3 Å². The number of anilines is 1. The summed E-state index contributed by atoms with van der Waals surface area (Å²) in [7, 11) is 0. The molecular formula is C12H18N6. The van der Waals surface area contributed by atoms with Crippen LogP contribution in [0.2, 0.25) is 0 Å². The Bertz CT molecular complexity index is 493. The van der Waals surface area contributed by atoms with Crippen molar-refractivity contribution in [3.8, 4) is 0 Å². The van der Waals surface area contributed by atoms with E-state index in [0.717, 1.165) is 29.8 Å². The van der Waals surface area contributed by atoms with Crippen molar-refractivity contribution in [2.75, 3.05) is 12.3 Å². The Balaban J connectivity index is 2.36. The third kappa shape index (κ3) is 2.65. The van der Waals surface area contributed by atoms with Gasteiger partial charge in [-0.05, 0) is 31.5 Å². The summed E-state index contributed by atoms with van der Waals surface area (Å²) in [5.41, 5.74) is 8.80. The lowest BCUT2D eigenvalue weighted by molar-refractivity contribution is 0.585. The Labute approximate surface area is 106 Å². The maximum atomic E-state index is 5.96. The molecule has 2 heterocycles. The average Bonchev–Trinajstić information content (AvgIpc) is 2.88. The van der Waals surface area contributed by atoms with E-state index in [4.69, 9.17) is 5.73 Å². The number of hydrogen-bond donors (Lipinski definition) is 3. The Morgan fingerprint density at radius 3 is 2.94 bits per heavy atom. The molecule has 1 atom stereocenters. The molecule has 0 saturated heterocycles. The number of nitrogens with one attached hydrogen (secondary N) is 2. The van der Waals surface area contributed by atoms with Gasteiger partial charge in [-0.2, -0.15) is 15.4 Å². The quantitative estimate of drug-likeness (QED) is 0.736. The standard InChI is InChI=1S/C12H18N6/c1-3-4-14-11(10-7-16-18-17-10)9-5-8(2)6-15-12(9)13/h5-7,11,14H,3-4H2,1-2H3,(H2,13,15)(H,16,17,18). The van der Waals surface area contributed by atoms with Crippen molar-refractivity contribution < 1.29 is 0 Å². The molecule has 0 aliphatic heterocycles. The van der Waals surface area contributed by atoms with Gasteiger partial charge >= 0.3 is 0 Å². The lowest BCUT2D eigenvalue weighted by Crippen LogP contribution is -2.25. The van der Waals surface area contributed by atoms with Crippen molar-refractivity contribution in [1.29, 1.82) is 0 Å². The molecule has 0 aliphatic rings. The predicted molar refractivity (Wildman–Crippen MR) is 69.9 cm³/mol. The molecule has 96 valence electrons. The number of hydrogen-bond acceptors (Lipinski definition) is 5. The highest BCUT2D eigenvalue weighted by molar-refractivity contribution is 5.45. The van der Waals surface area contributed by atoms with E-state index in [-0.39, 0.29) is 6.04 Å². The van der Waals surface area contributed by atoms with Crippen LogP contribution >= 0.6 is 0 Å². The van der Waals surface area contributed by atoms with Crippen molar-refractivity contribution in [2.24, 2.45) is 0 Å². The molecule has 0 saturated carbocycles. The summed E-state index contributed by atoms with van der Waals surface area (Å²) in [6, 6.07) is 1.96. The van der Waals surface area contributed by atoms with Gasteiger partial charge in [-0.3, -0.25) is 0 Å². The molecule has 0 spiro atoms. The summed E-state index contributed by atoms with van der Waals surface area (Å²) in [5.74, 6) is 0.525. The van der Waals surface area contributed by atoms with Crippen LogP contribution in [0.25, 0.3) is 0 Å². The Morgan fingerprint density at radius 2 is 2.28 bits per heavy atom. The molecule has 2 aromatic heterocycles. The molecule has 4 N–H and O–H groups in total. The smallest absolute Gasteiger partial charge is 0.128 e. The first-order chi connectivity index (χ1) is 8.72. The third-order valence-electron chi connectivity index (χ3n) is 2.73. The highest BCUT2D eigenvalue weighted by Crippen LogP contribution is 2.24. The van der Waals surface area contributed by atoms with Crippen LogP contribution in [-0.2, 0) is 0 Å². The van der Waals surface area contributed by atoms with Gasteiger partial charge < -0.3 is 11.1 Å². The lowest BCUT2D eigenvalue weighted by Gasteiger charge is -2.18. The highest BCUT2D eigenvalue weighted by atomic mass is 15.3. The monoisotopic (exact) mass is 246 g/mol. The highest BCUT2D eigenvalue weighted by Gasteiger charge is 2.19. The minimum absolute atomic E-state index is 0.0731. The molecule has 2 rings (SSSR count). The number of rotatable bonds is 5. The van der Waals surface area contributed by atoms with Crippen LogP contribution < -0.4 is 11.1 Å². The number of nitrogens with zero attached hydrogens (tertiary/aromatic N) is 3. The Kier molecular flexibility index (Phi) is 3.88. The van der Waals surface area contributed by atoms with Gasteiger partial charge in [0.2, 0.25) is 0 Å². The van der Waals surface area contributed by atoms with Crippen LogP contribution in [0.3, 0.4) is 0 Å². The Hall–Kier alpha value is -1.95. The van der Waals surface area contributed by atoms with E-state index in [1.807, 2.05) is 13.0 Å². The average molecular weight is 246 g/mol. The molecule has 0 amide bonds. The zero-order valence-electron chi connectivity index (χ0n) is 10.6. The topological polar surface area (TPSA) is 92.5 Å². The fourth-order valence-corrected chi connectivity index (χ4v) is 1.85. The van der Waals surface area contributed by atoms with Crippen LogP contribution in [0.4, 0.5) is 5.82 Å². The number of pyridine rings is 1. The van der Waals surface area contributed by atoms with Gasteiger partial charge in [0.1, 0.15) is 11.5 Å². The van der Waals surface area contributed by atoms with Crippen molar-refractivity contribution in [3.05, 3.63) is 35.3 Å². The van der Waals surface area contributed by atoms with Gasteiger partial charge in [-0.1, -0.05) is 6.92 Å². The normalized spacial score (nSPS) is 12.6. The summed E-state index contributed by atoms with van der Waals surface area (Å²) in [6.07, 6.45) is 4.50. The molecule has 0 aliphatic carbocycles. The molecule has 6 heteroatoms. The van der Waals surface area contributed by atoms with Crippen LogP contribution in [-0.4, -0.2) is 26.9 Å². The van der Waals surface area contributed by atoms with Crippen molar-refractivity contribution in [3.63, 3.8) is 0 Å². The Morgan fingerprint density at radius 1 is 1.44 bits per heavy atom. The molecule has 0 bridgehead atoms. The molecule has 0 aromatic carbocycles. The van der Waals surface area contributed by atoms with E-state index in [0.29, 0.717) is 5.82 Å². The van der Waals surface area contributed by atoms with Gasteiger partial charge in [0.15, 0.2) is 0 Å². The van der Waals surface area contributed by atoms with E-state index in [1.165, 1.54) is 0 Å². The summed E-state index contributed by atoms with van der Waals surface area (Å²) >= 11 is 0. The second-order valence-corrected chi connectivity index (χ2v) is 4.27. The molecule has 1 unspecified atom stereocenters. The first kappa shape index (κ1) is 12.5. The van der Waals surface area contributed by atoms with Gasteiger partial charge in [0, 0.05) is 11.8 Å². The summed E-state index contributed by atoms with van der Waals surface area (Å²) < 4.78 is 0. The van der Waals surface area contributed by atoms with Crippen LogP contribution in [0.15, 0.2) is 18.5 Å². The maximum absolute atomic E-state index is 5.96. The van der Waals surface area contributed by atoms with E-state index < -0.39 is 0 Å². The summed E-state index contributed by atoms with van der Waals surface area (Å²) in [4.78, 5) is 4.20. The first-order valence-electron chi connectivity index (χ1n) is 6.03.